The molecule has 0 spiro atoms. The molecule has 2 unspecified atom stereocenters. The van der Waals surface area contributed by atoms with E-state index in [0.717, 1.165) is 32.6 Å². The SMILES string of the molecule is CCCNC1CCOCC1Cc1ccn(C(C)C)n1. The largest absolute Gasteiger partial charge is 0.381 e. The molecule has 1 aliphatic rings. The van der Waals surface area contributed by atoms with E-state index in [1.807, 2.05) is 4.68 Å². The number of hydrogen-bond acceptors (Lipinski definition) is 3. The minimum absolute atomic E-state index is 0.436. The van der Waals surface area contributed by atoms with Gasteiger partial charge >= 0.3 is 0 Å². The molecular weight excluding hydrogens is 238 g/mol. The van der Waals surface area contributed by atoms with Gasteiger partial charge in [0.15, 0.2) is 0 Å². The van der Waals surface area contributed by atoms with Gasteiger partial charge in [-0.25, -0.2) is 0 Å². The smallest absolute Gasteiger partial charge is 0.0628 e. The van der Waals surface area contributed by atoms with Crippen molar-refractivity contribution in [3.8, 4) is 0 Å². The normalized spacial score (nSPS) is 24.0. The third kappa shape index (κ3) is 4.05. The first-order chi connectivity index (χ1) is 9.20. The van der Waals surface area contributed by atoms with Crippen LogP contribution in [0.3, 0.4) is 0 Å². The van der Waals surface area contributed by atoms with E-state index in [2.05, 4.69) is 43.4 Å². The zero-order chi connectivity index (χ0) is 13.7. The lowest BCUT2D eigenvalue weighted by Crippen LogP contribution is -2.44. The Labute approximate surface area is 116 Å². The minimum atomic E-state index is 0.436. The van der Waals surface area contributed by atoms with E-state index < -0.39 is 0 Å². The summed E-state index contributed by atoms with van der Waals surface area (Å²) in [5.41, 5.74) is 1.19. The molecule has 0 amide bonds. The highest BCUT2D eigenvalue weighted by Gasteiger charge is 2.26. The lowest BCUT2D eigenvalue weighted by molar-refractivity contribution is 0.0318. The summed E-state index contributed by atoms with van der Waals surface area (Å²) in [5.74, 6) is 0.552. The second kappa shape index (κ2) is 7.06. The predicted molar refractivity (Wildman–Crippen MR) is 77.3 cm³/mol. The molecule has 1 N–H and O–H groups in total. The van der Waals surface area contributed by atoms with E-state index in [4.69, 9.17) is 4.74 Å². The maximum absolute atomic E-state index is 5.64. The monoisotopic (exact) mass is 265 g/mol. The van der Waals surface area contributed by atoms with Crippen LogP contribution in [0.4, 0.5) is 0 Å². The van der Waals surface area contributed by atoms with Gasteiger partial charge in [0.25, 0.3) is 0 Å². The Morgan fingerprint density at radius 3 is 3.05 bits per heavy atom. The van der Waals surface area contributed by atoms with Gasteiger partial charge in [0.2, 0.25) is 0 Å². The second-order valence-electron chi connectivity index (χ2n) is 5.77. The molecule has 4 nitrogen and oxygen atoms in total. The van der Waals surface area contributed by atoms with E-state index in [1.54, 1.807) is 0 Å². The summed E-state index contributed by atoms with van der Waals surface area (Å²) in [4.78, 5) is 0. The highest BCUT2D eigenvalue weighted by molar-refractivity contribution is 5.02. The average molecular weight is 265 g/mol. The van der Waals surface area contributed by atoms with Gasteiger partial charge in [0, 0.05) is 30.8 Å². The van der Waals surface area contributed by atoms with Gasteiger partial charge in [0.05, 0.1) is 12.3 Å². The first-order valence-electron chi connectivity index (χ1n) is 7.56. The third-order valence-corrected chi connectivity index (χ3v) is 3.79. The summed E-state index contributed by atoms with van der Waals surface area (Å²) in [6, 6.07) is 3.16. The van der Waals surface area contributed by atoms with E-state index >= 15 is 0 Å². The Morgan fingerprint density at radius 1 is 1.53 bits per heavy atom. The van der Waals surface area contributed by atoms with Crippen LogP contribution in [-0.2, 0) is 11.2 Å². The quantitative estimate of drug-likeness (QED) is 0.858. The molecule has 1 aromatic rings. The van der Waals surface area contributed by atoms with Crippen molar-refractivity contribution in [3.63, 3.8) is 0 Å². The number of nitrogens with zero attached hydrogens (tertiary/aromatic N) is 2. The maximum atomic E-state index is 5.64. The molecule has 2 rings (SSSR count). The second-order valence-corrected chi connectivity index (χ2v) is 5.77. The van der Waals surface area contributed by atoms with Crippen molar-refractivity contribution in [2.45, 2.75) is 52.1 Å². The zero-order valence-corrected chi connectivity index (χ0v) is 12.4. The predicted octanol–water partition coefficient (Wildman–Crippen LogP) is 2.41. The van der Waals surface area contributed by atoms with Crippen LogP contribution in [0.15, 0.2) is 12.3 Å². The first-order valence-corrected chi connectivity index (χ1v) is 7.56. The molecule has 1 aliphatic heterocycles. The molecule has 0 radical (unpaired) electrons. The van der Waals surface area contributed by atoms with Crippen LogP contribution < -0.4 is 5.32 Å². The van der Waals surface area contributed by atoms with Gasteiger partial charge in [-0.05, 0) is 45.7 Å². The van der Waals surface area contributed by atoms with Gasteiger partial charge in [-0.15, -0.1) is 0 Å². The lowest BCUT2D eigenvalue weighted by Gasteiger charge is -2.32. The number of ether oxygens (including phenoxy) is 1. The molecule has 1 saturated heterocycles. The molecular formula is C15H27N3O. The van der Waals surface area contributed by atoms with Gasteiger partial charge in [0.1, 0.15) is 0 Å². The van der Waals surface area contributed by atoms with Gasteiger partial charge in [-0.2, -0.15) is 5.10 Å². The summed E-state index contributed by atoms with van der Waals surface area (Å²) >= 11 is 0. The molecule has 4 heteroatoms. The highest BCUT2D eigenvalue weighted by atomic mass is 16.5. The summed E-state index contributed by atoms with van der Waals surface area (Å²) < 4.78 is 7.68. The van der Waals surface area contributed by atoms with E-state index in [1.165, 1.54) is 12.1 Å². The van der Waals surface area contributed by atoms with Crippen molar-refractivity contribution >= 4 is 0 Å². The topological polar surface area (TPSA) is 39.1 Å². The molecule has 0 aliphatic carbocycles. The summed E-state index contributed by atoms with van der Waals surface area (Å²) in [6.45, 7) is 9.37. The van der Waals surface area contributed by atoms with Crippen molar-refractivity contribution in [2.75, 3.05) is 19.8 Å². The van der Waals surface area contributed by atoms with Gasteiger partial charge in [-0.1, -0.05) is 6.92 Å². The Kier molecular flexibility index (Phi) is 5.40. The summed E-state index contributed by atoms with van der Waals surface area (Å²) in [6.07, 6.45) is 5.40. The van der Waals surface area contributed by atoms with Crippen molar-refractivity contribution in [3.05, 3.63) is 18.0 Å². The van der Waals surface area contributed by atoms with Crippen LogP contribution in [0.1, 0.15) is 45.3 Å². The molecule has 2 heterocycles. The Bertz CT molecular complexity index is 375. The molecule has 0 bridgehead atoms. The molecule has 1 aromatic heterocycles. The Hall–Kier alpha value is -0.870. The average Bonchev–Trinajstić information content (AvgIpc) is 2.86. The summed E-state index contributed by atoms with van der Waals surface area (Å²) in [5, 5.41) is 8.31. The lowest BCUT2D eigenvalue weighted by atomic mass is 9.91. The molecule has 108 valence electrons. The van der Waals surface area contributed by atoms with Crippen molar-refractivity contribution in [2.24, 2.45) is 5.92 Å². The molecule has 0 aromatic carbocycles. The van der Waals surface area contributed by atoms with Crippen molar-refractivity contribution < 1.29 is 4.74 Å². The molecule has 0 saturated carbocycles. The zero-order valence-electron chi connectivity index (χ0n) is 12.4. The number of nitrogens with one attached hydrogen (secondary N) is 1. The molecule has 1 fully saturated rings. The van der Waals surface area contributed by atoms with Gasteiger partial charge < -0.3 is 10.1 Å². The van der Waals surface area contributed by atoms with Crippen LogP contribution in [0.2, 0.25) is 0 Å². The maximum Gasteiger partial charge on any atom is 0.0628 e. The third-order valence-electron chi connectivity index (χ3n) is 3.79. The number of aromatic nitrogens is 2. The number of hydrogen-bond donors (Lipinski definition) is 1. The fraction of sp³-hybridized carbons (Fsp3) is 0.800. The van der Waals surface area contributed by atoms with Crippen molar-refractivity contribution in [1.29, 1.82) is 0 Å². The van der Waals surface area contributed by atoms with Crippen LogP contribution in [0, 0.1) is 5.92 Å². The first kappa shape index (κ1) is 14.5. The fourth-order valence-electron chi connectivity index (χ4n) is 2.64. The highest BCUT2D eigenvalue weighted by Crippen LogP contribution is 2.19. The van der Waals surface area contributed by atoms with Crippen LogP contribution in [-0.4, -0.2) is 35.6 Å². The standard InChI is InChI=1S/C15H27N3O/c1-4-7-16-15-6-9-19-11-13(15)10-14-5-8-18(17-14)12(2)3/h5,8,12-13,15-16H,4,6-7,9-11H2,1-3H3. The molecule has 19 heavy (non-hydrogen) atoms. The van der Waals surface area contributed by atoms with Crippen LogP contribution >= 0.6 is 0 Å². The molecule has 2 atom stereocenters. The van der Waals surface area contributed by atoms with E-state index in [9.17, 15) is 0 Å². The van der Waals surface area contributed by atoms with Crippen LogP contribution in [0.5, 0.6) is 0 Å². The van der Waals surface area contributed by atoms with Crippen LogP contribution in [0.25, 0.3) is 0 Å². The Balaban J connectivity index is 1.94. The van der Waals surface area contributed by atoms with E-state index in [0.29, 0.717) is 18.0 Å². The minimum Gasteiger partial charge on any atom is -0.381 e. The van der Waals surface area contributed by atoms with Gasteiger partial charge in [-0.3, -0.25) is 4.68 Å². The van der Waals surface area contributed by atoms with Crippen molar-refractivity contribution in [1.82, 2.24) is 15.1 Å². The Morgan fingerprint density at radius 2 is 2.37 bits per heavy atom. The number of rotatable bonds is 6. The van der Waals surface area contributed by atoms with E-state index in [-0.39, 0.29) is 0 Å². The fourth-order valence-corrected chi connectivity index (χ4v) is 2.64. The summed E-state index contributed by atoms with van der Waals surface area (Å²) in [7, 11) is 0.